The molecular weight excluding hydrogens is 309 g/mol. The van der Waals surface area contributed by atoms with Crippen LogP contribution in [0.4, 0.5) is 24.8 Å². The number of benzene rings is 1. The number of halogens is 3. The fourth-order valence-electron chi connectivity index (χ4n) is 1.42. The molecule has 0 unspecified atom stereocenters. The maximum Gasteiger partial charge on any atom is 0.265 e. The van der Waals surface area contributed by atoms with E-state index in [9.17, 15) is 21.6 Å². The lowest BCUT2D eigenvalue weighted by molar-refractivity contribution is 0.547. The monoisotopic (exact) mass is 318 g/mol. The number of nitrogens with zero attached hydrogens (tertiary/aromatic N) is 2. The van der Waals surface area contributed by atoms with Gasteiger partial charge in [0.25, 0.3) is 10.0 Å². The van der Waals surface area contributed by atoms with Crippen molar-refractivity contribution in [3.63, 3.8) is 0 Å². The smallest absolute Gasteiger partial charge is 0.265 e. The van der Waals surface area contributed by atoms with E-state index in [1.165, 1.54) is 7.05 Å². The van der Waals surface area contributed by atoms with Crippen LogP contribution in [0.1, 0.15) is 0 Å². The fraction of sp³-hybridized carbons (Fsp3) is 0.0909. The zero-order valence-corrected chi connectivity index (χ0v) is 11.4. The first kappa shape index (κ1) is 15.0. The van der Waals surface area contributed by atoms with E-state index in [0.717, 1.165) is 12.4 Å². The van der Waals surface area contributed by atoms with E-state index in [-0.39, 0.29) is 5.95 Å². The number of hydrogen-bond donors (Lipinski definition) is 2. The minimum Gasteiger partial charge on any atom is -0.357 e. The summed E-state index contributed by atoms with van der Waals surface area (Å²) in [5.74, 6) is -3.73. The fourth-order valence-corrected chi connectivity index (χ4v) is 2.38. The third-order valence-corrected chi connectivity index (χ3v) is 3.71. The van der Waals surface area contributed by atoms with Gasteiger partial charge < -0.3 is 5.32 Å². The summed E-state index contributed by atoms with van der Waals surface area (Å²) in [7, 11) is -2.77. The zero-order valence-electron chi connectivity index (χ0n) is 10.6. The van der Waals surface area contributed by atoms with E-state index >= 15 is 0 Å². The number of sulfonamides is 1. The summed E-state index contributed by atoms with van der Waals surface area (Å²) in [5.41, 5.74) is -0.978. The molecule has 1 aromatic heterocycles. The van der Waals surface area contributed by atoms with Crippen molar-refractivity contribution in [1.29, 1.82) is 0 Å². The van der Waals surface area contributed by atoms with E-state index in [0.29, 0.717) is 12.1 Å². The molecule has 2 aromatic rings. The summed E-state index contributed by atoms with van der Waals surface area (Å²) in [4.78, 5) is 6.95. The molecule has 1 aromatic carbocycles. The van der Waals surface area contributed by atoms with Crippen molar-refractivity contribution in [2.24, 2.45) is 0 Å². The molecule has 0 fully saturated rings. The molecular formula is C11H9F3N4O2S. The Hall–Kier alpha value is -2.36. The first-order valence-electron chi connectivity index (χ1n) is 5.50. The summed E-state index contributed by atoms with van der Waals surface area (Å²) in [6, 6.07) is 0.725. The third kappa shape index (κ3) is 3.21. The first-order chi connectivity index (χ1) is 9.83. The van der Waals surface area contributed by atoms with Crippen molar-refractivity contribution >= 4 is 21.7 Å². The number of anilines is 2. The highest BCUT2D eigenvalue weighted by Gasteiger charge is 2.21. The molecule has 0 spiro atoms. The van der Waals surface area contributed by atoms with Gasteiger partial charge in [0, 0.05) is 19.2 Å². The lowest BCUT2D eigenvalue weighted by atomic mass is 10.3. The molecule has 6 nitrogen and oxygen atoms in total. The van der Waals surface area contributed by atoms with E-state index in [2.05, 4.69) is 15.3 Å². The molecule has 0 bridgehead atoms. The molecule has 1 heterocycles. The van der Waals surface area contributed by atoms with Gasteiger partial charge in [-0.2, -0.15) is 0 Å². The van der Waals surface area contributed by atoms with Crippen LogP contribution >= 0.6 is 0 Å². The highest BCUT2D eigenvalue weighted by molar-refractivity contribution is 7.92. The van der Waals surface area contributed by atoms with Gasteiger partial charge in [-0.1, -0.05) is 0 Å². The van der Waals surface area contributed by atoms with Crippen LogP contribution in [0.2, 0.25) is 0 Å². The maximum absolute atomic E-state index is 13.4. The van der Waals surface area contributed by atoms with Gasteiger partial charge in [-0.15, -0.1) is 0 Å². The minimum atomic E-state index is -4.30. The van der Waals surface area contributed by atoms with Gasteiger partial charge in [0.1, 0.15) is 16.4 Å². The largest absolute Gasteiger partial charge is 0.357 e. The van der Waals surface area contributed by atoms with Crippen LogP contribution in [0.25, 0.3) is 0 Å². The predicted octanol–water partition coefficient (Wildman–Crippen LogP) is 1.74. The van der Waals surface area contributed by atoms with Crippen molar-refractivity contribution < 1.29 is 21.6 Å². The van der Waals surface area contributed by atoms with Crippen LogP contribution in [0.15, 0.2) is 29.4 Å². The predicted molar refractivity (Wildman–Crippen MR) is 68.7 cm³/mol. The third-order valence-electron chi connectivity index (χ3n) is 2.41. The molecule has 0 saturated carbocycles. The number of rotatable bonds is 4. The first-order valence-corrected chi connectivity index (χ1v) is 6.99. The molecule has 21 heavy (non-hydrogen) atoms. The molecule has 0 atom stereocenters. The van der Waals surface area contributed by atoms with E-state index in [1.54, 1.807) is 4.72 Å². The van der Waals surface area contributed by atoms with Crippen LogP contribution in [-0.2, 0) is 10.0 Å². The number of aromatic nitrogens is 2. The molecule has 0 amide bonds. The Balaban J connectivity index is 2.37. The van der Waals surface area contributed by atoms with Crippen molar-refractivity contribution in [1.82, 2.24) is 9.97 Å². The molecule has 0 saturated heterocycles. The minimum absolute atomic E-state index is 0.174. The lowest BCUT2D eigenvalue weighted by Gasteiger charge is -2.09. The topological polar surface area (TPSA) is 84.0 Å². The second-order valence-electron chi connectivity index (χ2n) is 3.84. The van der Waals surface area contributed by atoms with Crippen molar-refractivity contribution in [2.45, 2.75) is 4.90 Å². The average molecular weight is 318 g/mol. The Morgan fingerprint density at radius 1 is 1.05 bits per heavy atom. The standard InChI is InChI=1S/C11H9F3N4O2S/c1-15-11-16-4-7(5-17-11)21(19,20)18-10-8(13)2-6(12)3-9(10)14/h2-5,18H,1H3,(H,15,16,17). The van der Waals surface area contributed by atoms with Crippen molar-refractivity contribution in [3.05, 3.63) is 42.0 Å². The zero-order chi connectivity index (χ0) is 15.6. The molecule has 2 N–H and O–H groups in total. The van der Waals surface area contributed by atoms with E-state index < -0.39 is 38.1 Å². The SMILES string of the molecule is CNc1ncc(S(=O)(=O)Nc2c(F)cc(F)cc2F)cn1. The maximum atomic E-state index is 13.4. The van der Waals surface area contributed by atoms with Crippen molar-refractivity contribution in [3.8, 4) is 0 Å². The number of nitrogens with one attached hydrogen (secondary N) is 2. The Kier molecular flexibility index (Phi) is 3.98. The molecule has 0 aliphatic carbocycles. The lowest BCUT2D eigenvalue weighted by Crippen LogP contribution is -2.16. The quantitative estimate of drug-likeness (QED) is 0.897. The van der Waals surface area contributed by atoms with Gasteiger partial charge in [0.15, 0.2) is 11.6 Å². The molecule has 10 heteroatoms. The second kappa shape index (κ2) is 5.56. The van der Waals surface area contributed by atoms with Gasteiger partial charge in [0.05, 0.1) is 12.4 Å². The molecule has 2 rings (SSSR count). The highest BCUT2D eigenvalue weighted by atomic mass is 32.2. The molecule has 0 aliphatic rings. The van der Waals surface area contributed by atoms with Crippen LogP contribution < -0.4 is 10.0 Å². The summed E-state index contributed by atoms with van der Waals surface area (Å²) in [6.45, 7) is 0. The van der Waals surface area contributed by atoms with Gasteiger partial charge >= 0.3 is 0 Å². The van der Waals surface area contributed by atoms with Gasteiger partial charge in [-0.25, -0.2) is 31.6 Å². The van der Waals surface area contributed by atoms with Crippen LogP contribution in [0, 0.1) is 17.5 Å². The van der Waals surface area contributed by atoms with E-state index in [4.69, 9.17) is 0 Å². The summed E-state index contributed by atoms with van der Waals surface area (Å²) < 4.78 is 65.2. The van der Waals surface area contributed by atoms with Gasteiger partial charge in [-0.3, -0.25) is 4.72 Å². The molecule has 0 radical (unpaired) electrons. The van der Waals surface area contributed by atoms with Crippen LogP contribution in [-0.4, -0.2) is 25.4 Å². The van der Waals surface area contributed by atoms with Crippen LogP contribution in [0.5, 0.6) is 0 Å². The van der Waals surface area contributed by atoms with Gasteiger partial charge in [-0.05, 0) is 0 Å². The van der Waals surface area contributed by atoms with Crippen LogP contribution in [0.3, 0.4) is 0 Å². The van der Waals surface area contributed by atoms with E-state index in [1.807, 2.05) is 0 Å². The normalized spacial score (nSPS) is 11.2. The van der Waals surface area contributed by atoms with Crippen molar-refractivity contribution in [2.75, 3.05) is 17.1 Å². The summed E-state index contributed by atoms with van der Waals surface area (Å²) in [5, 5.41) is 2.58. The molecule has 0 aliphatic heterocycles. The Bertz CT molecular complexity index is 743. The summed E-state index contributed by atoms with van der Waals surface area (Å²) in [6.07, 6.45) is 1.92. The van der Waals surface area contributed by atoms with Gasteiger partial charge in [0.2, 0.25) is 5.95 Å². The Morgan fingerprint density at radius 3 is 2.05 bits per heavy atom. The second-order valence-corrected chi connectivity index (χ2v) is 5.52. The average Bonchev–Trinajstić information content (AvgIpc) is 2.43. The molecule has 112 valence electrons. The Labute approximate surface area is 118 Å². The summed E-state index contributed by atoms with van der Waals surface area (Å²) >= 11 is 0. The Morgan fingerprint density at radius 2 is 1.57 bits per heavy atom. The number of hydrogen-bond acceptors (Lipinski definition) is 5. The highest BCUT2D eigenvalue weighted by Crippen LogP contribution is 2.23.